The molecule has 1 saturated heterocycles. The first kappa shape index (κ1) is 23.6. The van der Waals surface area contributed by atoms with Gasteiger partial charge in [0.25, 0.3) is 11.8 Å². The summed E-state index contributed by atoms with van der Waals surface area (Å²) in [4.78, 5) is 39.5. The Bertz CT molecular complexity index is 1090. The van der Waals surface area contributed by atoms with Crippen LogP contribution in [0, 0.1) is 0 Å². The van der Waals surface area contributed by atoms with Gasteiger partial charge < -0.3 is 29.7 Å². The standard InChI is InChI=1S/C25H29N3O6/c1-26-23(29)13-18-8-9-20-22(34-18)14-33-21-10-7-16(12-19(21)25(31)28(20)2)27-24(30)15-5-4-6-17(11-15)32-3/h4-7,10-12,18,20,22H,8-9,13-14H2,1-3H3,(H,26,29)(H,27,30)/t18-,20-,22+/m0/s1. The normalized spacial score (nSPS) is 21.8. The Hall–Kier alpha value is -3.59. The van der Waals surface area contributed by atoms with E-state index in [0.717, 1.165) is 0 Å². The first-order valence-electron chi connectivity index (χ1n) is 11.2. The number of hydrogen-bond acceptors (Lipinski definition) is 6. The summed E-state index contributed by atoms with van der Waals surface area (Å²) in [7, 11) is 4.89. The third kappa shape index (κ3) is 4.99. The van der Waals surface area contributed by atoms with Crippen LogP contribution in [0.5, 0.6) is 11.5 Å². The van der Waals surface area contributed by atoms with Crippen molar-refractivity contribution >= 4 is 23.4 Å². The number of amides is 3. The number of hydrogen-bond donors (Lipinski definition) is 2. The molecule has 0 aliphatic carbocycles. The lowest BCUT2D eigenvalue weighted by Gasteiger charge is -2.42. The summed E-state index contributed by atoms with van der Waals surface area (Å²) in [6, 6.07) is 11.7. The van der Waals surface area contributed by atoms with Gasteiger partial charge in [-0.15, -0.1) is 0 Å². The number of carbonyl (C=O) groups excluding carboxylic acids is 3. The zero-order valence-corrected chi connectivity index (χ0v) is 19.5. The molecule has 0 bridgehead atoms. The van der Waals surface area contributed by atoms with Crippen molar-refractivity contribution in [3.63, 3.8) is 0 Å². The molecule has 9 heteroatoms. The SMILES string of the molecule is CNC(=O)C[C@@H]1CC[C@H]2[C@@H](COc3ccc(NC(=O)c4cccc(OC)c4)cc3C(=O)N2C)O1. The van der Waals surface area contributed by atoms with Gasteiger partial charge in [-0.25, -0.2) is 0 Å². The summed E-state index contributed by atoms with van der Waals surface area (Å²) < 4.78 is 17.3. The molecule has 0 saturated carbocycles. The Labute approximate surface area is 198 Å². The Morgan fingerprint density at radius 1 is 1.18 bits per heavy atom. The van der Waals surface area contributed by atoms with Crippen LogP contribution < -0.4 is 20.1 Å². The van der Waals surface area contributed by atoms with Crippen molar-refractivity contribution < 1.29 is 28.6 Å². The van der Waals surface area contributed by atoms with Crippen LogP contribution in [0.25, 0.3) is 0 Å². The van der Waals surface area contributed by atoms with Crippen LogP contribution in [0.15, 0.2) is 42.5 Å². The molecule has 2 heterocycles. The summed E-state index contributed by atoms with van der Waals surface area (Å²) in [6.07, 6.45) is 1.12. The second-order valence-corrected chi connectivity index (χ2v) is 8.44. The lowest BCUT2D eigenvalue weighted by molar-refractivity contribution is -0.133. The number of methoxy groups -OCH3 is 1. The van der Waals surface area contributed by atoms with Crippen molar-refractivity contribution in [2.24, 2.45) is 0 Å². The highest BCUT2D eigenvalue weighted by atomic mass is 16.5. The van der Waals surface area contributed by atoms with E-state index in [-0.39, 0.29) is 49.0 Å². The smallest absolute Gasteiger partial charge is 0.257 e. The first-order valence-corrected chi connectivity index (χ1v) is 11.2. The number of rotatable bonds is 5. The topological polar surface area (TPSA) is 106 Å². The Morgan fingerprint density at radius 2 is 2.00 bits per heavy atom. The summed E-state index contributed by atoms with van der Waals surface area (Å²) in [5.74, 6) is 0.405. The predicted molar refractivity (Wildman–Crippen MR) is 125 cm³/mol. The van der Waals surface area contributed by atoms with E-state index in [2.05, 4.69) is 10.6 Å². The van der Waals surface area contributed by atoms with Crippen LogP contribution in [0.4, 0.5) is 5.69 Å². The predicted octanol–water partition coefficient (Wildman–Crippen LogP) is 2.46. The number of nitrogens with one attached hydrogen (secondary N) is 2. The van der Waals surface area contributed by atoms with Crippen molar-refractivity contribution in [1.29, 1.82) is 0 Å². The molecule has 180 valence electrons. The lowest BCUT2D eigenvalue weighted by Crippen LogP contribution is -2.53. The largest absolute Gasteiger partial charge is 0.497 e. The molecule has 34 heavy (non-hydrogen) atoms. The van der Waals surface area contributed by atoms with Crippen molar-refractivity contribution in [2.45, 2.75) is 37.5 Å². The van der Waals surface area contributed by atoms with E-state index in [1.165, 1.54) is 7.11 Å². The van der Waals surface area contributed by atoms with Crippen molar-refractivity contribution in [3.8, 4) is 11.5 Å². The quantitative estimate of drug-likeness (QED) is 0.700. The molecular formula is C25H29N3O6. The summed E-state index contributed by atoms with van der Waals surface area (Å²) >= 11 is 0. The van der Waals surface area contributed by atoms with Crippen LogP contribution in [0.2, 0.25) is 0 Å². The summed E-state index contributed by atoms with van der Waals surface area (Å²) in [5.41, 5.74) is 1.30. The maximum Gasteiger partial charge on any atom is 0.257 e. The molecule has 3 amide bonds. The molecule has 2 aliphatic heterocycles. The van der Waals surface area contributed by atoms with Gasteiger partial charge in [0.05, 0.1) is 31.2 Å². The highest BCUT2D eigenvalue weighted by Crippen LogP contribution is 2.32. The minimum absolute atomic E-state index is 0.0755. The van der Waals surface area contributed by atoms with Crippen molar-refractivity contribution in [1.82, 2.24) is 10.2 Å². The minimum atomic E-state index is -0.335. The molecule has 0 spiro atoms. The van der Waals surface area contributed by atoms with E-state index in [9.17, 15) is 14.4 Å². The molecule has 4 rings (SSSR count). The number of benzene rings is 2. The van der Waals surface area contributed by atoms with Crippen LogP contribution >= 0.6 is 0 Å². The molecule has 9 nitrogen and oxygen atoms in total. The number of nitrogens with zero attached hydrogens (tertiary/aromatic N) is 1. The molecular weight excluding hydrogens is 438 g/mol. The molecule has 2 N–H and O–H groups in total. The van der Waals surface area contributed by atoms with E-state index < -0.39 is 0 Å². The maximum absolute atomic E-state index is 13.3. The molecule has 0 unspecified atom stereocenters. The molecule has 2 aliphatic rings. The fourth-order valence-electron chi connectivity index (χ4n) is 4.38. The number of carbonyl (C=O) groups is 3. The Kier molecular flexibility index (Phi) is 7.02. The van der Waals surface area contributed by atoms with Gasteiger partial charge in [0.1, 0.15) is 24.2 Å². The molecule has 2 aromatic rings. The zero-order valence-electron chi connectivity index (χ0n) is 19.5. The summed E-state index contributed by atoms with van der Waals surface area (Å²) in [5, 5.41) is 5.45. The third-order valence-electron chi connectivity index (χ3n) is 6.29. The maximum atomic E-state index is 13.3. The van der Waals surface area contributed by atoms with Gasteiger partial charge in [-0.05, 0) is 49.2 Å². The van der Waals surface area contributed by atoms with Gasteiger partial charge >= 0.3 is 0 Å². The summed E-state index contributed by atoms with van der Waals surface area (Å²) in [6.45, 7) is 0.259. The second kappa shape index (κ2) is 10.1. The van der Waals surface area contributed by atoms with Crippen LogP contribution in [-0.4, -0.2) is 68.7 Å². The average Bonchev–Trinajstić information content (AvgIpc) is 2.86. The van der Waals surface area contributed by atoms with E-state index in [4.69, 9.17) is 14.2 Å². The van der Waals surface area contributed by atoms with E-state index in [1.54, 1.807) is 61.5 Å². The zero-order chi connectivity index (χ0) is 24.2. The highest BCUT2D eigenvalue weighted by molar-refractivity contribution is 6.05. The van der Waals surface area contributed by atoms with Crippen LogP contribution in [-0.2, 0) is 9.53 Å². The lowest BCUT2D eigenvalue weighted by atomic mass is 9.94. The fourth-order valence-corrected chi connectivity index (χ4v) is 4.38. The van der Waals surface area contributed by atoms with E-state index in [1.807, 2.05) is 0 Å². The minimum Gasteiger partial charge on any atom is -0.497 e. The first-order chi connectivity index (χ1) is 16.4. The van der Waals surface area contributed by atoms with Gasteiger partial charge in [-0.1, -0.05) is 6.07 Å². The monoisotopic (exact) mass is 467 g/mol. The second-order valence-electron chi connectivity index (χ2n) is 8.44. The molecule has 2 aromatic carbocycles. The number of ether oxygens (including phenoxy) is 3. The Morgan fingerprint density at radius 3 is 2.76 bits per heavy atom. The van der Waals surface area contributed by atoms with Gasteiger partial charge in [-0.2, -0.15) is 0 Å². The number of fused-ring (bicyclic) bond motifs is 2. The van der Waals surface area contributed by atoms with Gasteiger partial charge in [0, 0.05) is 25.3 Å². The average molecular weight is 468 g/mol. The number of likely N-dealkylation sites (N-methyl/N-ethyl adjacent to an activating group) is 1. The fraction of sp³-hybridized carbons (Fsp3) is 0.400. The molecule has 3 atom stereocenters. The van der Waals surface area contributed by atoms with Crippen LogP contribution in [0.1, 0.15) is 40.0 Å². The van der Waals surface area contributed by atoms with Gasteiger partial charge in [0.15, 0.2) is 0 Å². The Balaban J connectivity index is 1.51. The molecule has 0 aromatic heterocycles. The third-order valence-corrected chi connectivity index (χ3v) is 6.29. The van der Waals surface area contributed by atoms with Crippen molar-refractivity contribution in [2.75, 3.05) is 33.1 Å². The van der Waals surface area contributed by atoms with E-state index >= 15 is 0 Å². The van der Waals surface area contributed by atoms with E-state index in [0.29, 0.717) is 41.2 Å². The molecule has 1 fully saturated rings. The van der Waals surface area contributed by atoms with Crippen molar-refractivity contribution in [3.05, 3.63) is 53.6 Å². The van der Waals surface area contributed by atoms with Gasteiger partial charge in [0.2, 0.25) is 5.91 Å². The van der Waals surface area contributed by atoms with Gasteiger partial charge in [-0.3, -0.25) is 14.4 Å². The number of anilines is 1. The highest BCUT2D eigenvalue weighted by Gasteiger charge is 2.39. The van der Waals surface area contributed by atoms with Crippen LogP contribution in [0.3, 0.4) is 0 Å². The molecule has 0 radical (unpaired) electrons.